The van der Waals surface area contributed by atoms with Crippen LogP contribution in [-0.4, -0.2) is 40.9 Å². The molecular formula is C10H15F3N4O. The third-order valence-corrected chi connectivity index (χ3v) is 2.20. The molecule has 5 nitrogen and oxygen atoms in total. The number of aliphatic hydroxyl groups is 1. The SMILES string of the molecule is NNc1cc(CN(CCO)CC(F)(F)F)ccn1. The summed E-state index contributed by atoms with van der Waals surface area (Å²) in [6.45, 7) is -1.38. The van der Waals surface area contributed by atoms with Crippen molar-refractivity contribution in [1.82, 2.24) is 9.88 Å². The summed E-state index contributed by atoms with van der Waals surface area (Å²) < 4.78 is 36.9. The number of nitrogen functional groups attached to an aromatic ring is 1. The van der Waals surface area contributed by atoms with Crippen molar-refractivity contribution in [1.29, 1.82) is 0 Å². The van der Waals surface area contributed by atoms with Gasteiger partial charge in [0.25, 0.3) is 0 Å². The molecule has 0 radical (unpaired) electrons. The monoisotopic (exact) mass is 264 g/mol. The highest BCUT2D eigenvalue weighted by atomic mass is 19.4. The number of nitrogens with two attached hydrogens (primary N) is 1. The molecule has 0 fully saturated rings. The molecule has 18 heavy (non-hydrogen) atoms. The summed E-state index contributed by atoms with van der Waals surface area (Å²) in [5.74, 6) is 5.54. The second-order valence-electron chi connectivity index (χ2n) is 3.74. The number of rotatable bonds is 6. The normalized spacial score (nSPS) is 11.9. The lowest BCUT2D eigenvalue weighted by atomic mass is 10.2. The van der Waals surface area contributed by atoms with Crippen LogP contribution in [-0.2, 0) is 6.54 Å². The number of pyridine rings is 1. The van der Waals surface area contributed by atoms with E-state index in [-0.39, 0.29) is 19.7 Å². The van der Waals surface area contributed by atoms with Crippen molar-refractivity contribution in [2.24, 2.45) is 5.84 Å². The van der Waals surface area contributed by atoms with Crippen molar-refractivity contribution in [3.63, 3.8) is 0 Å². The van der Waals surface area contributed by atoms with E-state index < -0.39 is 12.7 Å². The molecule has 0 unspecified atom stereocenters. The number of halogens is 3. The van der Waals surface area contributed by atoms with Gasteiger partial charge < -0.3 is 10.5 Å². The Kier molecular flexibility index (Phi) is 5.32. The van der Waals surface area contributed by atoms with E-state index in [9.17, 15) is 13.2 Å². The lowest BCUT2D eigenvalue weighted by molar-refractivity contribution is -0.147. The van der Waals surface area contributed by atoms with Gasteiger partial charge >= 0.3 is 6.18 Å². The van der Waals surface area contributed by atoms with Crippen LogP contribution in [0.15, 0.2) is 18.3 Å². The highest BCUT2D eigenvalue weighted by Crippen LogP contribution is 2.18. The van der Waals surface area contributed by atoms with Crippen molar-refractivity contribution in [3.05, 3.63) is 23.9 Å². The number of aliphatic hydroxyl groups excluding tert-OH is 1. The summed E-state index contributed by atoms with van der Waals surface area (Å²) in [7, 11) is 0. The molecule has 102 valence electrons. The second-order valence-corrected chi connectivity index (χ2v) is 3.74. The standard InChI is InChI=1S/C10H15F3N4O/c11-10(12,13)7-17(3-4-18)6-8-1-2-15-9(5-8)16-14/h1-2,5,18H,3-4,6-7,14H2,(H,15,16). The van der Waals surface area contributed by atoms with Crippen LogP contribution >= 0.6 is 0 Å². The fraction of sp³-hybridized carbons (Fsp3) is 0.500. The second kappa shape index (κ2) is 6.53. The first-order valence-electron chi connectivity index (χ1n) is 5.26. The number of hydrogen-bond acceptors (Lipinski definition) is 5. The van der Waals surface area contributed by atoms with Gasteiger partial charge in [-0.1, -0.05) is 0 Å². The first-order chi connectivity index (χ1) is 8.44. The Labute approximate surface area is 102 Å². The van der Waals surface area contributed by atoms with Gasteiger partial charge in [-0.25, -0.2) is 10.8 Å². The summed E-state index contributed by atoms with van der Waals surface area (Å²) >= 11 is 0. The van der Waals surface area contributed by atoms with Crippen molar-refractivity contribution in [2.45, 2.75) is 12.7 Å². The Morgan fingerprint density at radius 1 is 1.44 bits per heavy atom. The minimum atomic E-state index is -4.29. The van der Waals surface area contributed by atoms with Crippen LogP contribution < -0.4 is 11.3 Å². The van der Waals surface area contributed by atoms with Crippen LogP contribution in [0.3, 0.4) is 0 Å². The molecule has 1 aromatic heterocycles. The molecular weight excluding hydrogens is 249 g/mol. The molecule has 0 aliphatic rings. The quantitative estimate of drug-likeness (QED) is 0.521. The molecule has 0 atom stereocenters. The number of hydrazine groups is 1. The van der Waals surface area contributed by atoms with Crippen LogP contribution in [0.5, 0.6) is 0 Å². The van der Waals surface area contributed by atoms with E-state index in [2.05, 4.69) is 10.4 Å². The van der Waals surface area contributed by atoms with Crippen molar-refractivity contribution in [2.75, 3.05) is 25.1 Å². The highest BCUT2D eigenvalue weighted by Gasteiger charge is 2.30. The number of hydrogen-bond donors (Lipinski definition) is 3. The van der Waals surface area contributed by atoms with Gasteiger partial charge in [0.15, 0.2) is 0 Å². The van der Waals surface area contributed by atoms with E-state index in [0.717, 1.165) is 4.90 Å². The van der Waals surface area contributed by atoms with Gasteiger partial charge in [-0.15, -0.1) is 0 Å². The molecule has 0 amide bonds. The summed E-state index contributed by atoms with van der Waals surface area (Å²) in [4.78, 5) is 4.97. The average Bonchev–Trinajstić information content (AvgIpc) is 2.27. The van der Waals surface area contributed by atoms with Crippen molar-refractivity contribution in [3.8, 4) is 0 Å². The molecule has 0 bridgehead atoms. The van der Waals surface area contributed by atoms with Crippen LogP contribution in [0.2, 0.25) is 0 Å². The van der Waals surface area contributed by atoms with E-state index in [0.29, 0.717) is 11.4 Å². The Morgan fingerprint density at radius 2 is 2.17 bits per heavy atom. The molecule has 1 heterocycles. The van der Waals surface area contributed by atoms with Gasteiger partial charge in [-0.05, 0) is 17.7 Å². The Balaban J connectivity index is 2.69. The van der Waals surface area contributed by atoms with Gasteiger partial charge in [0, 0.05) is 19.3 Å². The van der Waals surface area contributed by atoms with Crippen molar-refractivity contribution >= 4 is 5.82 Å². The van der Waals surface area contributed by atoms with E-state index in [1.165, 1.54) is 6.20 Å². The summed E-state index contributed by atoms with van der Waals surface area (Å²) in [6.07, 6.45) is -2.84. The summed E-state index contributed by atoms with van der Waals surface area (Å²) in [5, 5.41) is 8.76. The highest BCUT2D eigenvalue weighted by molar-refractivity contribution is 5.35. The van der Waals surface area contributed by atoms with Gasteiger partial charge in [0.1, 0.15) is 5.82 Å². The maximum Gasteiger partial charge on any atom is 0.401 e. The average molecular weight is 264 g/mol. The molecule has 0 spiro atoms. The summed E-state index contributed by atoms with van der Waals surface area (Å²) in [6, 6.07) is 3.16. The fourth-order valence-corrected chi connectivity index (χ4v) is 1.52. The molecule has 0 aliphatic carbocycles. The number of anilines is 1. The van der Waals surface area contributed by atoms with Crippen LogP contribution in [0.1, 0.15) is 5.56 Å². The lowest BCUT2D eigenvalue weighted by Crippen LogP contribution is -2.35. The zero-order valence-electron chi connectivity index (χ0n) is 9.61. The Morgan fingerprint density at radius 3 is 2.72 bits per heavy atom. The third-order valence-electron chi connectivity index (χ3n) is 2.20. The van der Waals surface area contributed by atoms with E-state index in [4.69, 9.17) is 10.9 Å². The maximum atomic E-state index is 12.3. The Bertz CT molecular complexity index is 372. The molecule has 0 aromatic carbocycles. The van der Waals surface area contributed by atoms with E-state index in [1.807, 2.05) is 0 Å². The largest absolute Gasteiger partial charge is 0.401 e. The van der Waals surface area contributed by atoms with Gasteiger partial charge in [0.2, 0.25) is 0 Å². The molecule has 0 aliphatic heterocycles. The zero-order valence-corrected chi connectivity index (χ0v) is 9.61. The van der Waals surface area contributed by atoms with Crippen LogP contribution in [0.4, 0.5) is 19.0 Å². The van der Waals surface area contributed by atoms with E-state index >= 15 is 0 Å². The topological polar surface area (TPSA) is 74.4 Å². The molecule has 1 rings (SSSR count). The number of nitrogens with one attached hydrogen (secondary N) is 1. The first-order valence-corrected chi connectivity index (χ1v) is 5.26. The van der Waals surface area contributed by atoms with Crippen LogP contribution in [0.25, 0.3) is 0 Å². The number of nitrogens with zero attached hydrogens (tertiary/aromatic N) is 2. The molecule has 1 aromatic rings. The number of aromatic nitrogens is 1. The number of alkyl halides is 3. The van der Waals surface area contributed by atoms with Gasteiger partial charge in [-0.2, -0.15) is 13.2 Å². The lowest BCUT2D eigenvalue weighted by Gasteiger charge is -2.22. The predicted octanol–water partition coefficient (Wildman–Crippen LogP) is 0.724. The van der Waals surface area contributed by atoms with Gasteiger partial charge in [0.05, 0.1) is 13.2 Å². The molecule has 0 saturated heterocycles. The van der Waals surface area contributed by atoms with E-state index in [1.54, 1.807) is 12.1 Å². The maximum absolute atomic E-state index is 12.3. The zero-order chi connectivity index (χ0) is 13.6. The fourth-order valence-electron chi connectivity index (χ4n) is 1.52. The predicted molar refractivity (Wildman–Crippen MR) is 60.5 cm³/mol. The van der Waals surface area contributed by atoms with Crippen LogP contribution in [0, 0.1) is 0 Å². The van der Waals surface area contributed by atoms with Crippen molar-refractivity contribution < 1.29 is 18.3 Å². The molecule has 4 N–H and O–H groups in total. The smallest absolute Gasteiger partial charge is 0.395 e. The third kappa shape index (κ3) is 5.30. The first kappa shape index (κ1) is 14.7. The molecule has 8 heteroatoms. The minimum absolute atomic E-state index is 0.0484. The van der Waals surface area contributed by atoms with Gasteiger partial charge in [-0.3, -0.25) is 4.90 Å². The summed E-state index contributed by atoms with van der Waals surface area (Å²) in [5.41, 5.74) is 2.95. The minimum Gasteiger partial charge on any atom is -0.395 e. The Hall–Kier alpha value is -1.38. The molecule has 0 saturated carbocycles.